The third-order valence-corrected chi connectivity index (χ3v) is 4.76. The third kappa shape index (κ3) is 2.43. The lowest BCUT2D eigenvalue weighted by molar-refractivity contribution is 1.19. The normalized spacial score (nSPS) is 10.8. The molecular formula is C12H20N2S2. The van der Waals surface area contributed by atoms with E-state index in [1.54, 1.807) is 23.5 Å². The van der Waals surface area contributed by atoms with Crippen molar-refractivity contribution in [1.29, 1.82) is 0 Å². The number of rotatable bonds is 4. The minimum atomic E-state index is 0.898. The third-order valence-electron chi connectivity index (χ3n) is 2.56. The summed E-state index contributed by atoms with van der Waals surface area (Å²) in [4.78, 5) is 2.30. The van der Waals surface area contributed by atoms with Gasteiger partial charge in [0.2, 0.25) is 0 Å². The van der Waals surface area contributed by atoms with Gasteiger partial charge < -0.3 is 11.5 Å². The molecule has 0 amide bonds. The zero-order chi connectivity index (χ0) is 12.3. The first kappa shape index (κ1) is 13.6. The maximum atomic E-state index is 6.18. The van der Waals surface area contributed by atoms with Crippen LogP contribution in [0.3, 0.4) is 0 Å². The fourth-order valence-corrected chi connectivity index (χ4v) is 3.50. The van der Waals surface area contributed by atoms with E-state index < -0.39 is 0 Å². The second-order valence-electron chi connectivity index (χ2n) is 3.60. The summed E-state index contributed by atoms with van der Waals surface area (Å²) in [6, 6.07) is 0. The van der Waals surface area contributed by atoms with E-state index in [1.165, 1.54) is 0 Å². The number of thioether (sulfide) groups is 2. The summed E-state index contributed by atoms with van der Waals surface area (Å²) in [6.07, 6.45) is 0. The first-order chi connectivity index (χ1) is 7.54. The van der Waals surface area contributed by atoms with Gasteiger partial charge in [-0.3, -0.25) is 0 Å². The lowest BCUT2D eigenvalue weighted by Crippen LogP contribution is -2.03. The first-order valence-electron chi connectivity index (χ1n) is 5.48. The summed E-state index contributed by atoms with van der Waals surface area (Å²) in [6.45, 7) is 8.37. The fraction of sp³-hybridized carbons (Fsp3) is 0.500. The van der Waals surface area contributed by atoms with Crippen LogP contribution in [0.25, 0.3) is 0 Å². The number of nitrogen functional groups attached to an aromatic ring is 2. The second-order valence-corrected chi connectivity index (χ2v) is 6.15. The first-order valence-corrected chi connectivity index (χ1v) is 7.45. The SMILES string of the molecule is CCSc1c(C)c(N)c(SCC)c(C)c1N. The van der Waals surface area contributed by atoms with Crippen LogP contribution >= 0.6 is 23.5 Å². The molecule has 4 N–H and O–H groups in total. The van der Waals surface area contributed by atoms with Crippen LogP contribution < -0.4 is 11.5 Å². The molecule has 0 atom stereocenters. The highest BCUT2D eigenvalue weighted by molar-refractivity contribution is 8.00. The minimum Gasteiger partial charge on any atom is -0.398 e. The van der Waals surface area contributed by atoms with Crippen LogP contribution in [0, 0.1) is 13.8 Å². The Morgan fingerprint density at radius 1 is 0.812 bits per heavy atom. The molecule has 1 aromatic carbocycles. The number of hydrogen-bond acceptors (Lipinski definition) is 4. The maximum Gasteiger partial charge on any atom is 0.0497 e. The van der Waals surface area contributed by atoms with Crippen LogP contribution in [0.2, 0.25) is 0 Å². The Balaban J connectivity index is 3.37. The summed E-state index contributed by atoms with van der Waals surface area (Å²) >= 11 is 3.54. The van der Waals surface area contributed by atoms with Crippen molar-refractivity contribution in [3.63, 3.8) is 0 Å². The molecule has 0 aliphatic heterocycles. The molecule has 0 fully saturated rings. The summed E-state index contributed by atoms with van der Waals surface area (Å²) in [5.41, 5.74) is 16.4. The highest BCUT2D eigenvalue weighted by Gasteiger charge is 2.15. The Morgan fingerprint density at radius 2 is 1.12 bits per heavy atom. The van der Waals surface area contributed by atoms with Crippen LogP contribution in [0.5, 0.6) is 0 Å². The van der Waals surface area contributed by atoms with Crippen molar-refractivity contribution in [2.24, 2.45) is 0 Å². The predicted molar refractivity (Wildman–Crippen MR) is 77.5 cm³/mol. The monoisotopic (exact) mass is 256 g/mol. The Kier molecular flexibility index (Phi) is 4.87. The number of anilines is 2. The predicted octanol–water partition coefficient (Wildman–Crippen LogP) is 3.69. The zero-order valence-corrected chi connectivity index (χ0v) is 12.0. The average Bonchev–Trinajstić information content (AvgIpc) is 2.28. The zero-order valence-electron chi connectivity index (χ0n) is 10.4. The molecule has 4 heteroatoms. The van der Waals surface area contributed by atoms with Crippen molar-refractivity contribution < 1.29 is 0 Å². The van der Waals surface area contributed by atoms with Gasteiger partial charge in [0.15, 0.2) is 0 Å². The standard InChI is InChI=1S/C12H20N2S2/c1-5-15-11-7(3)10(14)12(16-6-2)8(4)9(11)13/h5-6,13-14H2,1-4H3. The Hall–Kier alpha value is -0.480. The summed E-state index contributed by atoms with van der Waals surface area (Å²) in [5, 5.41) is 0. The molecule has 0 spiro atoms. The number of hydrogen-bond donors (Lipinski definition) is 2. The van der Waals surface area contributed by atoms with E-state index >= 15 is 0 Å². The van der Waals surface area contributed by atoms with Crippen LogP contribution in [-0.2, 0) is 0 Å². The molecule has 1 aromatic rings. The summed E-state index contributed by atoms with van der Waals surface area (Å²) in [7, 11) is 0. The van der Waals surface area contributed by atoms with Crippen molar-refractivity contribution in [2.45, 2.75) is 37.5 Å². The topological polar surface area (TPSA) is 52.0 Å². The minimum absolute atomic E-state index is 0.898. The number of nitrogens with two attached hydrogens (primary N) is 2. The molecule has 0 saturated heterocycles. The highest BCUT2D eigenvalue weighted by Crippen LogP contribution is 2.41. The molecule has 0 radical (unpaired) electrons. The van der Waals surface area contributed by atoms with Gasteiger partial charge in [-0.2, -0.15) is 0 Å². The summed E-state index contributed by atoms with van der Waals surface area (Å²) < 4.78 is 0. The van der Waals surface area contributed by atoms with E-state index in [-0.39, 0.29) is 0 Å². The van der Waals surface area contributed by atoms with Crippen molar-refractivity contribution in [3.05, 3.63) is 11.1 Å². The molecule has 0 saturated carbocycles. The van der Waals surface area contributed by atoms with Crippen molar-refractivity contribution in [3.8, 4) is 0 Å². The van der Waals surface area contributed by atoms with Gasteiger partial charge in [0.25, 0.3) is 0 Å². The Bertz CT molecular complexity index is 323. The van der Waals surface area contributed by atoms with Gasteiger partial charge >= 0.3 is 0 Å². The van der Waals surface area contributed by atoms with E-state index in [0.717, 1.165) is 43.8 Å². The van der Waals surface area contributed by atoms with Gasteiger partial charge in [0.05, 0.1) is 0 Å². The average molecular weight is 256 g/mol. The van der Waals surface area contributed by atoms with Crippen molar-refractivity contribution >= 4 is 34.9 Å². The van der Waals surface area contributed by atoms with Crippen molar-refractivity contribution in [2.75, 3.05) is 23.0 Å². The van der Waals surface area contributed by atoms with Crippen LogP contribution in [0.4, 0.5) is 11.4 Å². The van der Waals surface area contributed by atoms with Crippen LogP contribution in [-0.4, -0.2) is 11.5 Å². The molecule has 2 nitrogen and oxygen atoms in total. The number of benzene rings is 1. The van der Waals surface area contributed by atoms with Gasteiger partial charge in [0.1, 0.15) is 0 Å². The smallest absolute Gasteiger partial charge is 0.0497 e. The Morgan fingerprint density at radius 3 is 1.38 bits per heavy atom. The van der Waals surface area contributed by atoms with E-state index in [0.29, 0.717) is 0 Å². The van der Waals surface area contributed by atoms with Gasteiger partial charge in [-0.15, -0.1) is 23.5 Å². The summed E-state index contributed by atoms with van der Waals surface area (Å²) in [5.74, 6) is 2.04. The van der Waals surface area contributed by atoms with E-state index in [4.69, 9.17) is 11.5 Å². The Labute approximate surface area is 107 Å². The van der Waals surface area contributed by atoms with Gasteiger partial charge in [-0.25, -0.2) is 0 Å². The molecule has 1 rings (SSSR count). The molecule has 0 unspecified atom stereocenters. The molecule has 0 heterocycles. The molecule has 16 heavy (non-hydrogen) atoms. The van der Waals surface area contributed by atoms with Crippen molar-refractivity contribution in [1.82, 2.24) is 0 Å². The van der Waals surface area contributed by atoms with E-state index in [9.17, 15) is 0 Å². The lowest BCUT2D eigenvalue weighted by Gasteiger charge is -2.18. The molecular weight excluding hydrogens is 236 g/mol. The maximum absolute atomic E-state index is 6.18. The van der Waals surface area contributed by atoms with Gasteiger partial charge in [-0.1, -0.05) is 13.8 Å². The van der Waals surface area contributed by atoms with Crippen LogP contribution in [0.15, 0.2) is 9.79 Å². The van der Waals surface area contributed by atoms with E-state index in [1.807, 2.05) is 0 Å². The molecule has 0 aromatic heterocycles. The molecule has 0 aliphatic rings. The molecule has 0 aliphatic carbocycles. The highest BCUT2D eigenvalue weighted by atomic mass is 32.2. The quantitative estimate of drug-likeness (QED) is 0.637. The fourth-order valence-electron chi connectivity index (χ4n) is 1.65. The largest absolute Gasteiger partial charge is 0.398 e. The lowest BCUT2D eigenvalue weighted by atomic mass is 10.1. The second kappa shape index (κ2) is 5.73. The van der Waals surface area contributed by atoms with Crippen LogP contribution in [0.1, 0.15) is 25.0 Å². The van der Waals surface area contributed by atoms with Gasteiger partial charge in [0, 0.05) is 21.2 Å². The molecule has 0 bridgehead atoms. The van der Waals surface area contributed by atoms with E-state index in [2.05, 4.69) is 27.7 Å². The molecule has 90 valence electrons. The van der Waals surface area contributed by atoms with Gasteiger partial charge in [-0.05, 0) is 36.5 Å².